The SMILES string of the molecule is COc1cccc(Oc2ccc(NC(=O)N3CCC(c4ccn[nH]4)CC3)cc2)c1. The minimum atomic E-state index is -0.0745. The fraction of sp³-hybridized carbons (Fsp3) is 0.273. The summed E-state index contributed by atoms with van der Waals surface area (Å²) in [5, 5.41) is 10.0. The van der Waals surface area contributed by atoms with E-state index in [-0.39, 0.29) is 6.03 Å². The molecule has 0 spiro atoms. The predicted octanol–water partition coefficient (Wildman–Crippen LogP) is 4.62. The molecule has 2 heterocycles. The van der Waals surface area contributed by atoms with E-state index in [1.165, 1.54) is 0 Å². The number of aromatic amines is 1. The number of urea groups is 1. The van der Waals surface area contributed by atoms with E-state index in [4.69, 9.17) is 9.47 Å². The highest BCUT2D eigenvalue weighted by molar-refractivity contribution is 5.89. The molecule has 0 aliphatic carbocycles. The second-order valence-corrected chi connectivity index (χ2v) is 7.01. The van der Waals surface area contributed by atoms with Crippen LogP contribution < -0.4 is 14.8 Å². The molecule has 1 saturated heterocycles. The largest absolute Gasteiger partial charge is 0.497 e. The topological polar surface area (TPSA) is 79.5 Å². The Morgan fingerprint density at radius 3 is 2.52 bits per heavy atom. The maximum atomic E-state index is 12.6. The summed E-state index contributed by atoms with van der Waals surface area (Å²) < 4.78 is 11.0. The number of benzene rings is 2. The number of ether oxygens (including phenoxy) is 2. The molecule has 0 radical (unpaired) electrons. The Hall–Kier alpha value is -3.48. The molecule has 7 nitrogen and oxygen atoms in total. The van der Waals surface area contributed by atoms with Crippen molar-refractivity contribution in [3.05, 3.63) is 66.5 Å². The van der Waals surface area contributed by atoms with E-state index in [1.807, 2.05) is 59.5 Å². The zero-order chi connectivity index (χ0) is 20.1. The van der Waals surface area contributed by atoms with Gasteiger partial charge < -0.3 is 19.7 Å². The second-order valence-electron chi connectivity index (χ2n) is 7.01. The van der Waals surface area contributed by atoms with Crippen LogP contribution in [0.5, 0.6) is 17.2 Å². The van der Waals surface area contributed by atoms with Crippen LogP contribution in [0.2, 0.25) is 0 Å². The number of carbonyl (C=O) groups excluding carboxylic acids is 1. The number of rotatable bonds is 5. The normalized spacial score (nSPS) is 14.4. The third kappa shape index (κ3) is 4.68. The van der Waals surface area contributed by atoms with Crippen LogP contribution in [0.1, 0.15) is 24.5 Å². The molecule has 2 N–H and O–H groups in total. The van der Waals surface area contributed by atoms with Crippen molar-refractivity contribution in [3.8, 4) is 17.2 Å². The smallest absolute Gasteiger partial charge is 0.321 e. The van der Waals surface area contributed by atoms with Crippen molar-refractivity contribution in [2.45, 2.75) is 18.8 Å². The maximum absolute atomic E-state index is 12.6. The summed E-state index contributed by atoms with van der Waals surface area (Å²) >= 11 is 0. The lowest BCUT2D eigenvalue weighted by molar-refractivity contribution is 0.194. The average molecular weight is 392 g/mol. The van der Waals surface area contributed by atoms with Crippen molar-refractivity contribution >= 4 is 11.7 Å². The Labute approximate surface area is 169 Å². The van der Waals surface area contributed by atoms with Crippen molar-refractivity contribution in [2.75, 3.05) is 25.5 Å². The van der Waals surface area contributed by atoms with Gasteiger partial charge in [0.2, 0.25) is 0 Å². The van der Waals surface area contributed by atoms with Gasteiger partial charge in [0.1, 0.15) is 17.2 Å². The van der Waals surface area contributed by atoms with Crippen molar-refractivity contribution in [1.82, 2.24) is 15.1 Å². The Balaban J connectivity index is 1.30. The molecule has 0 atom stereocenters. The first-order chi connectivity index (χ1) is 14.2. The van der Waals surface area contributed by atoms with Gasteiger partial charge in [0.05, 0.1) is 7.11 Å². The number of hydrogen-bond donors (Lipinski definition) is 2. The van der Waals surface area contributed by atoms with E-state index in [2.05, 4.69) is 15.5 Å². The highest BCUT2D eigenvalue weighted by atomic mass is 16.5. The average Bonchev–Trinajstić information content (AvgIpc) is 3.30. The quantitative estimate of drug-likeness (QED) is 0.664. The van der Waals surface area contributed by atoms with Crippen LogP contribution in [-0.2, 0) is 0 Å². The van der Waals surface area contributed by atoms with Gasteiger partial charge in [-0.1, -0.05) is 6.07 Å². The monoisotopic (exact) mass is 392 g/mol. The number of piperidine rings is 1. The van der Waals surface area contributed by atoms with Gasteiger partial charge in [-0.25, -0.2) is 4.79 Å². The Morgan fingerprint density at radius 1 is 1.07 bits per heavy atom. The van der Waals surface area contributed by atoms with Crippen LogP contribution in [0.25, 0.3) is 0 Å². The zero-order valence-corrected chi connectivity index (χ0v) is 16.3. The molecule has 29 heavy (non-hydrogen) atoms. The van der Waals surface area contributed by atoms with Crippen molar-refractivity contribution in [1.29, 1.82) is 0 Å². The van der Waals surface area contributed by atoms with Gasteiger partial charge in [-0.05, 0) is 55.3 Å². The highest BCUT2D eigenvalue weighted by Gasteiger charge is 2.24. The lowest BCUT2D eigenvalue weighted by atomic mass is 9.94. The van der Waals surface area contributed by atoms with Crippen molar-refractivity contribution in [3.63, 3.8) is 0 Å². The molecule has 4 rings (SSSR count). The van der Waals surface area contributed by atoms with Crippen LogP contribution in [-0.4, -0.2) is 41.3 Å². The van der Waals surface area contributed by atoms with Gasteiger partial charge in [-0.2, -0.15) is 5.10 Å². The van der Waals surface area contributed by atoms with E-state index >= 15 is 0 Å². The number of anilines is 1. The summed E-state index contributed by atoms with van der Waals surface area (Å²) in [6.45, 7) is 1.46. The lowest BCUT2D eigenvalue weighted by Crippen LogP contribution is -2.40. The number of H-pyrrole nitrogens is 1. The minimum absolute atomic E-state index is 0.0745. The van der Waals surface area contributed by atoms with Crippen LogP contribution in [0.4, 0.5) is 10.5 Å². The first-order valence-electron chi connectivity index (χ1n) is 9.68. The summed E-state index contributed by atoms with van der Waals surface area (Å²) in [7, 11) is 1.62. The van der Waals surface area contributed by atoms with E-state index in [0.29, 0.717) is 17.4 Å². The van der Waals surface area contributed by atoms with Crippen molar-refractivity contribution in [2.24, 2.45) is 0 Å². The number of aromatic nitrogens is 2. The van der Waals surface area contributed by atoms with Gasteiger partial charge in [-0.3, -0.25) is 5.10 Å². The summed E-state index contributed by atoms with van der Waals surface area (Å²) in [4.78, 5) is 14.4. The van der Waals surface area contributed by atoms with E-state index in [1.54, 1.807) is 13.3 Å². The molecule has 3 aromatic rings. The summed E-state index contributed by atoms with van der Waals surface area (Å²) in [5.74, 6) is 2.56. The fourth-order valence-corrected chi connectivity index (χ4v) is 3.50. The number of likely N-dealkylation sites (tertiary alicyclic amines) is 1. The minimum Gasteiger partial charge on any atom is -0.497 e. The molecular formula is C22H24N4O3. The molecular weight excluding hydrogens is 368 g/mol. The lowest BCUT2D eigenvalue weighted by Gasteiger charge is -2.31. The third-order valence-corrected chi connectivity index (χ3v) is 5.13. The van der Waals surface area contributed by atoms with Crippen molar-refractivity contribution < 1.29 is 14.3 Å². The van der Waals surface area contributed by atoms with Gasteiger partial charge in [0.25, 0.3) is 0 Å². The fourth-order valence-electron chi connectivity index (χ4n) is 3.50. The molecule has 2 amide bonds. The number of amides is 2. The highest BCUT2D eigenvalue weighted by Crippen LogP contribution is 2.28. The van der Waals surface area contributed by atoms with E-state index < -0.39 is 0 Å². The van der Waals surface area contributed by atoms with Gasteiger partial charge in [-0.15, -0.1) is 0 Å². The molecule has 0 unspecified atom stereocenters. The van der Waals surface area contributed by atoms with E-state index in [9.17, 15) is 4.79 Å². The standard InChI is InChI=1S/C22H24N4O3/c1-28-19-3-2-4-20(15-19)29-18-7-5-17(6-8-18)24-22(27)26-13-10-16(11-14-26)21-9-12-23-25-21/h2-9,12,15-16H,10-11,13-14H2,1H3,(H,23,25)(H,24,27). The summed E-state index contributed by atoms with van der Waals surface area (Å²) in [5.41, 5.74) is 1.89. The van der Waals surface area contributed by atoms with Crippen LogP contribution in [0.3, 0.4) is 0 Å². The van der Waals surface area contributed by atoms with Crippen LogP contribution in [0.15, 0.2) is 60.8 Å². The molecule has 7 heteroatoms. The molecule has 1 fully saturated rings. The molecule has 1 aliphatic rings. The van der Waals surface area contributed by atoms with E-state index in [0.717, 1.165) is 43.1 Å². The molecule has 0 bridgehead atoms. The van der Waals surface area contributed by atoms with Crippen LogP contribution in [0, 0.1) is 0 Å². The van der Waals surface area contributed by atoms with Crippen LogP contribution >= 0.6 is 0 Å². The van der Waals surface area contributed by atoms with Gasteiger partial charge >= 0.3 is 6.03 Å². The number of nitrogens with zero attached hydrogens (tertiary/aromatic N) is 2. The first kappa shape index (κ1) is 18.9. The first-order valence-corrected chi connectivity index (χ1v) is 9.68. The number of carbonyl (C=O) groups is 1. The molecule has 1 aliphatic heterocycles. The predicted molar refractivity (Wildman–Crippen MR) is 111 cm³/mol. The number of nitrogens with one attached hydrogen (secondary N) is 2. The summed E-state index contributed by atoms with van der Waals surface area (Å²) in [6.07, 6.45) is 3.64. The maximum Gasteiger partial charge on any atom is 0.321 e. The molecule has 0 saturated carbocycles. The third-order valence-electron chi connectivity index (χ3n) is 5.13. The second kappa shape index (κ2) is 8.68. The molecule has 150 valence electrons. The Kier molecular flexibility index (Phi) is 5.65. The zero-order valence-electron chi connectivity index (χ0n) is 16.3. The number of methoxy groups -OCH3 is 1. The van der Waals surface area contributed by atoms with Gasteiger partial charge in [0.15, 0.2) is 0 Å². The number of hydrogen-bond acceptors (Lipinski definition) is 4. The Morgan fingerprint density at radius 2 is 1.83 bits per heavy atom. The van der Waals surface area contributed by atoms with Gasteiger partial charge in [0, 0.05) is 42.7 Å². The molecule has 2 aromatic carbocycles. The summed E-state index contributed by atoms with van der Waals surface area (Å²) in [6, 6.07) is 16.7. The Bertz CT molecular complexity index is 933. The molecule has 1 aromatic heterocycles.